The van der Waals surface area contributed by atoms with Crippen LogP contribution in [0.15, 0.2) is 36.4 Å². The van der Waals surface area contributed by atoms with Crippen LogP contribution in [-0.2, 0) is 6.42 Å². The number of rotatable bonds is 5. The Kier molecular flexibility index (Phi) is 5.63. The summed E-state index contributed by atoms with van der Waals surface area (Å²) in [6, 6.07) is 10.7. The Hall–Kier alpha value is -1.09. The Morgan fingerprint density at radius 2 is 1.71 bits per heavy atom. The van der Waals surface area contributed by atoms with Crippen LogP contribution in [-0.4, -0.2) is 6.54 Å². The lowest BCUT2D eigenvalue weighted by molar-refractivity contribution is 0.507. The first-order valence-corrected chi connectivity index (χ1v) is 7.71. The zero-order valence-electron chi connectivity index (χ0n) is 12.1. The zero-order chi connectivity index (χ0) is 15.4. The first kappa shape index (κ1) is 16.3. The van der Waals surface area contributed by atoms with E-state index in [9.17, 15) is 4.39 Å². The van der Waals surface area contributed by atoms with Crippen LogP contribution < -0.4 is 5.32 Å². The summed E-state index contributed by atoms with van der Waals surface area (Å²) < 4.78 is 14.4. The summed E-state index contributed by atoms with van der Waals surface area (Å²) in [7, 11) is 0. The van der Waals surface area contributed by atoms with E-state index < -0.39 is 0 Å². The molecule has 112 valence electrons. The molecular weight excluding hydrogens is 308 g/mol. The van der Waals surface area contributed by atoms with Gasteiger partial charge in [-0.25, -0.2) is 4.39 Å². The van der Waals surface area contributed by atoms with Gasteiger partial charge in [0.2, 0.25) is 0 Å². The molecule has 0 saturated carbocycles. The van der Waals surface area contributed by atoms with E-state index in [1.165, 1.54) is 0 Å². The Bertz CT molecular complexity index is 608. The van der Waals surface area contributed by atoms with Crippen molar-refractivity contribution in [3.63, 3.8) is 0 Å². The van der Waals surface area contributed by atoms with Crippen LogP contribution in [0.5, 0.6) is 0 Å². The van der Waals surface area contributed by atoms with Gasteiger partial charge in [0.25, 0.3) is 0 Å². The minimum atomic E-state index is -0.174. The monoisotopic (exact) mass is 325 g/mol. The summed E-state index contributed by atoms with van der Waals surface area (Å²) in [5.41, 5.74) is 2.13. The summed E-state index contributed by atoms with van der Waals surface area (Å²) in [4.78, 5) is 0. The fourth-order valence-corrected chi connectivity index (χ4v) is 2.96. The normalized spacial score (nSPS) is 12.4. The van der Waals surface area contributed by atoms with Crippen LogP contribution in [0.25, 0.3) is 0 Å². The van der Waals surface area contributed by atoms with Crippen molar-refractivity contribution in [2.75, 3.05) is 6.54 Å². The largest absolute Gasteiger partial charge is 0.310 e. The Balaban J connectivity index is 2.38. The second-order valence-electron chi connectivity index (χ2n) is 4.99. The maximum atomic E-state index is 14.4. The molecule has 21 heavy (non-hydrogen) atoms. The van der Waals surface area contributed by atoms with Gasteiger partial charge >= 0.3 is 0 Å². The Morgan fingerprint density at radius 3 is 2.33 bits per heavy atom. The molecule has 0 aliphatic rings. The molecule has 1 nitrogen and oxygen atoms in total. The van der Waals surface area contributed by atoms with E-state index in [1.807, 2.05) is 19.1 Å². The van der Waals surface area contributed by atoms with Gasteiger partial charge in [0.15, 0.2) is 0 Å². The van der Waals surface area contributed by atoms with Gasteiger partial charge in [-0.3, -0.25) is 0 Å². The van der Waals surface area contributed by atoms with Gasteiger partial charge in [0.1, 0.15) is 5.82 Å². The molecule has 0 aliphatic carbocycles. The minimum absolute atomic E-state index is 0.160. The van der Waals surface area contributed by atoms with Crippen LogP contribution >= 0.6 is 23.2 Å². The van der Waals surface area contributed by atoms with E-state index in [-0.39, 0.29) is 11.9 Å². The highest BCUT2D eigenvalue weighted by molar-refractivity contribution is 6.36. The molecule has 0 amide bonds. The fourth-order valence-electron chi connectivity index (χ4n) is 2.41. The Labute approximate surface area is 135 Å². The number of likely N-dealkylation sites (N-methyl/N-ethyl adjacent to an activating group) is 1. The number of halogens is 3. The molecule has 4 heteroatoms. The molecule has 0 fully saturated rings. The van der Waals surface area contributed by atoms with E-state index in [1.54, 1.807) is 31.2 Å². The second kappa shape index (κ2) is 7.26. The van der Waals surface area contributed by atoms with Crippen molar-refractivity contribution >= 4 is 23.2 Å². The molecule has 0 spiro atoms. The van der Waals surface area contributed by atoms with Gasteiger partial charge in [0.05, 0.1) is 0 Å². The highest BCUT2D eigenvalue weighted by Gasteiger charge is 2.19. The predicted octanol–water partition coefficient (Wildman–Crippen LogP) is 5.33. The maximum absolute atomic E-state index is 14.4. The fraction of sp³-hybridized carbons (Fsp3) is 0.294. The van der Waals surface area contributed by atoms with Gasteiger partial charge in [-0.2, -0.15) is 0 Å². The molecule has 2 aromatic rings. The van der Waals surface area contributed by atoms with Gasteiger partial charge in [0, 0.05) is 21.7 Å². The highest BCUT2D eigenvalue weighted by Crippen LogP contribution is 2.30. The zero-order valence-corrected chi connectivity index (χ0v) is 13.6. The van der Waals surface area contributed by atoms with Gasteiger partial charge < -0.3 is 5.32 Å². The summed E-state index contributed by atoms with van der Waals surface area (Å²) in [5.74, 6) is -0.174. The van der Waals surface area contributed by atoms with Crippen LogP contribution in [0, 0.1) is 12.7 Å². The second-order valence-corrected chi connectivity index (χ2v) is 5.81. The summed E-state index contributed by atoms with van der Waals surface area (Å²) in [5, 5.41) is 4.53. The van der Waals surface area contributed by atoms with Crippen molar-refractivity contribution in [3.8, 4) is 0 Å². The van der Waals surface area contributed by atoms with E-state index in [0.717, 1.165) is 12.1 Å². The molecule has 2 aromatic carbocycles. The standard InChI is InChI=1S/C17H18Cl2FN/c1-3-21-16(12-7-4-6-11(2)17(12)20)10-13-14(18)8-5-9-15(13)19/h4-9,16,21H,3,10H2,1-2H3. The van der Waals surface area contributed by atoms with Crippen molar-refractivity contribution in [2.45, 2.75) is 26.3 Å². The average molecular weight is 326 g/mol. The molecule has 1 N–H and O–H groups in total. The number of benzene rings is 2. The summed E-state index contributed by atoms with van der Waals surface area (Å²) in [6.07, 6.45) is 0.548. The Morgan fingerprint density at radius 1 is 1.10 bits per heavy atom. The lowest BCUT2D eigenvalue weighted by Crippen LogP contribution is -2.24. The van der Waals surface area contributed by atoms with Crippen molar-refractivity contribution in [3.05, 3.63) is 69.0 Å². The van der Waals surface area contributed by atoms with Crippen LogP contribution in [0.4, 0.5) is 4.39 Å². The molecule has 0 radical (unpaired) electrons. The van der Waals surface area contributed by atoms with E-state index in [0.29, 0.717) is 27.6 Å². The lowest BCUT2D eigenvalue weighted by Gasteiger charge is -2.21. The lowest BCUT2D eigenvalue weighted by atomic mass is 9.96. The van der Waals surface area contributed by atoms with Gasteiger partial charge in [-0.05, 0) is 43.1 Å². The summed E-state index contributed by atoms with van der Waals surface area (Å²) in [6.45, 7) is 4.50. The molecule has 0 bridgehead atoms. The molecule has 0 aliphatic heterocycles. The highest BCUT2D eigenvalue weighted by atomic mass is 35.5. The number of hydrogen-bond donors (Lipinski definition) is 1. The van der Waals surface area contributed by atoms with E-state index in [4.69, 9.17) is 23.2 Å². The quantitative estimate of drug-likeness (QED) is 0.782. The summed E-state index contributed by atoms with van der Waals surface area (Å²) >= 11 is 12.5. The molecule has 1 unspecified atom stereocenters. The maximum Gasteiger partial charge on any atom is 0.130 e. The predicted molar refractivity (Wildman–Crippen MR) is 87.7 cm³/mol. The van der Waals surface area contributed by atoms with Crippen molar-refractivity contribution in [2.24, 2.45) is 0 Å². The molecule has 1 atom stereocenters. The first-order valence-electron chi connectivity index (χ1n) is 6.95. The average Bonchev–Trinajstić information content (AvgIpc) is 2.45. The SMILES string of the molecule is CCNC(Cc1c(Cl)cccc1Cl)c1cccc(C)c1F. The molecule has 0 aromatic heterocycles. The van der Waals surface area contributed by atoms with Crippen LogP contribution in [0.2, 0.25) is 10.0 Å². The van der Waals surface area contributed by atoms with Gasteiger partial charge in [-0.15, -0.1) is 0 Å². The number of hydrogen-bond acceptors (Lipinski definition) is 1. The minimum Gasteiger partial charge on any atom is -0.310 e. The van der Waals surface area contributed by atoms with Crippen LogP contribution in [0.3, 0.4) is 0 Å². The van der Waals surface area contributed by atoms with E-state index >= 15 is 0 Å². The molecule has 0 saturated heterocycles. The smallest absolute Gasteiger partial charge is 0.130 e. The van der Waals surface area contributed by atoms with Crippen LogP contribution in [0.1, 0.15) is 29.7 Å². The number of aryl methyl sites for hydroxylation is 1. The molecular formula is C17H18Cl2FN. The third-order valence-electron chi connectivity index (χ3n) is 3.52. The number of nitrogens with one attached hydrogen (secondary N) is 1. The molecule has 0 heterocycles. The van der Waals surface area contributed by atoms with Gasteiger partial charge in [-0.1, -0.05) is 54.4 Å². The van der Waals surface area contributed by atoms with E-state index in [2.05, 4.69) is 5.32 Å². The third kappa shape index (κ3) is 3.76. The van der Waals surface area contributed by atoms with Crippen molar-refractivity contribution < 1.29 is 4.39 Å². The first-order chi connectivity index (χ1) is 10.0. The topological polar surface area (TPSA) is 12.0 Å². The molecule has 2 rings (SSSR count). The van der Waals surface area contributed by atoms with Crippen molar-refractivity contribution in [1.82, 2.24) is 5.32 Å². The van der Waals surface area contributed by atoms with Crippen molar-refractivity contribution in [1.29, 1.82) is 0 Å². The third-order valence-corrected chi connectivity index (χ3v) is 4.23.